The van der Waals surface area contributed by atoms with E-state index in [1.165, 1.54) is 23.2 Å². The van der Waals surface area contributed by atoms with Crippen LogP contribution >= 0.6 is 0 Å². The highest BCUT2D eigenvalue weighted by atomic mass is 16.1. The molecule has 3 aromatic heterocycles. The van der Waals surface area contributed by atoms with Gasteiger partial charge in [0.1, 0.15) is 12.7 Å². The van der Waals surface area contributed by atoms with Gasteiger partial charge in [0, 0.05) is 55.5 Å². The third-order valence-corrected chi connectivity index (χ3v) is 10.9. The number of hydrogen-bond donors (Lipinski definition) is 1. The number of H-pyrrole nitrogens is 1. The summed E-state index contributed by atoms with van der Waals surface area (Å²) in [5.41, 5.74) is 9.08. The second-order valence-electron chi connectivity index (χ2n) is 14.9. The molecule has 4 heterocycles. The molecule has 7 rings (SSSR count). The fraction of sp³-hybridized carbons (Fsp3) is 0.462. The summed E-state index contributed by atoms with van der Waals surface area (Å²) in [5, 5.41) is 7.97. The van der Waals surface area contributed by atoms with Gasteiger partial charge in [0.2, 0.25) is 5.56 Å². The van der Waals surface area contributed by atoms with Gasteiger partial charge in [-0.05, 0) is 108 Å². The number of nitrogens with one attached hydrogen (secondary N) is 1. The van der Waals surface area contributed by atoms with Crippen LogP contribution in [0.25, 0.3) is 17.2 Å². The number of likely N-dealkylation sites (tertiary alicyclic amines) is 1. The van der Waals surface area contributed by atoms with Crippen LogP contribution in [0.2, 0.25) is 0 Å². The van der Waals surface area contributed by atoms with Gasteiger partial charge in [-0.1, -0.05) is 45.0 Å². The molecule has 0 bridgehead atoms. The second-order valence-corrected chi connectivity index (χ2v) is 14.9. The van der Waals surface area contributed by atoms with Crippen LogP contribution in [-0.2, 0) is 24.1 Å². The first kappa shape index (κ1) is 31.4. The molecule has 1 fully saturated rings. The van der Waals surface area contributed by atoms with E-state index in [0.29, 0.717) is 24.8 Å². The Morgan fingerprint density at radius 3 is 2.43 bits per heavy atom. The minimum absolute atomic E-state index is 0.109. The monoisotopic (exact) mass is 630 g/mol. The molecule has 1 saturated heterocycles. The van der Waals surface area contributed by atoms with Gasteiger partial charge in [0.25, 0.3) is 0 Å². The van der Waals surface area contributed by atoms with E-state index >= 15 is 0 Å². The molecule has 1 N–H and O–H groups in total. The van der Waals surface area contributed by atoms with Crippen LogP contribution in [0.5, 0.6) is 0 Å². The molecule has 4 aromatic rings. The van der Waals surface area contributed by atoms with Crippen molar-refractivity contribution < 1.29 is 4.79 Å². The van der Waals surface area contributed by atoms with Gasteiger partial charge in [0.15, 0.2) is 5.78 Å². The average Bonchev–Trinajstić information content (AvgIpc) is 3.76. The largest absolute Gasteiger partial charge is 0.328 e. The van der Waals surface area contributed by atoms with Gasteiger partial charge >= 0.3 is 0 Å². The molecule has 1 aliphatic heterocycles. The molecule has 8 nitrogen and oxygen atoms in total. The second kappa shape index (κ2) is 13.1. The number of aromatic nitrogens is 5. The number of hydrogen-bond acceptors (Lipinski definition) is 6. The van der Waals surface area contributed by atoms with Gasteiger partial charge < -0.3 is 14.5 Å². The number of rotatable bonds is 9. The van der Waals surface area contributed by atoms with Crippen LogP contribution in [0.15, 0.2) is 71.7 Å². The number of nitrogens with zero attached hydrogens (tertiary/aromatic N) is 5. The van der Waals surface area contributed by atoms with Crippen LogP contribution in [0, 0.1) is 11.3 Å². The lowest BCUT2D eigenvalue weighted by Gasteiger charge is -2.34. The fourth-order valence-corrected chi connectivity index (χ4v) is 7.79. The molecule has 0 saturated carbocycles. The van der Waals surface area contributed by atoms with Gasteiger partial charge in [0.05, 0.1) is 5.69 Å². The first-order valence-corrected chi connectivity index (χ1v) is 17.3. The Hall–Kier alpha value is -4.17. The zero-order valence-electron chi connectivity index (χ0n) is 27.9. The van der Waals surface area contributed by atoms with E-state index in [1.807, 2.05) is 18.7 Å². The number of pyridine rings is 2. The molecule has 8 heteroatoms. The Bertz CT molecular complexity index is 1790. The lowest BCUT2D eigenvalue weighted by molar-refractivity contribution is -0.116. The van der Waals surface area contributed by atoms with E-state index in [1.54, 1.807) is 12.3 Å². The van der Waals surface area contributed by atoms with Gasteiger partial charge in [-0.15, -0.1) is 10.2 Å². The summed E-state index contributed by atoms with van der Waals surface area (Å²) in [6, 6.07) is 14.7. The maximum absolute atomic E-state index is 14.0. The Labute approximate surface area is 277 Å². The summed E-state index contributed by atoms with van der Waals surface area (Å²) < 4.78 is 2.13. The fourth-order valence-electron chi connectivity index (χ4n) is 7.79. The van der Waals surface area contributed by atoms with Crippen LogP contribution in [0.3, 0.4) is 0 Å². The van der Waals surface area contributed by atoms with Crippen molar-refractivity contribution >= 4 is 11.9 Å². The van der Waals surface area contributed by atoms with E-state index in [-0.39, 0.29) is 22.7 Å². The van der Waals surface area contributed by atoms with E-state index in [9.17, 15) is 9.59 Å². The number of piperidine rings is 1. The van der Waals surface area contributed by atoms with Crippen molar-refractivity contribution in [3.8, 4) is 11.1 Å². The van der Waals surface area contributed by atoms with E-state index in [4.69, 9.17) is 4.98 Å². The number of aryl methyl sites for hydroxylation is 1. The Morgan fingerprint density at radius 2 is 1.72 bits per heavy atom. The molecule has 2 atom stereocenters. The van der Waals surface area contributed by atoms with E-state index in [0.717, 1.165) is 79.7 Å². The molecule has 47 heavy (non-hydrogen) atoms. The third kappa shape index (κ3) is 7.08. The van der Waals surface area contributed by atoms with Crippen molar-refractivity contribution in [1.82, 2.24) is 29.6 Å². The van der Waals surface area contributed by atoms with Gasteiger partial charge in [-0.25, -0.2) is 0 Å². The first-order chi connectivity index (χ1) is 22.7. The summed E-state index contributed by atoms with van der Waals surface area (Å²) in [6.07, 6.45) is 15.0. The smallest absolute Gasteiger partial charge is 0.247 e. The highest BCUT2D eigenvalue weighted by Gasteiger charge is 2.31. The number of fused-ring (bicyclic) bond motifs is 2. The molecule has 2 aliphatic carbocycles. The molecular weight excluding hydrogens is 584 g/mol. The number of allylic oxidation sites excluding steroid dienone is 1. The molecule has 0 spiro atoms. The summed E-state index contributed by atoms with van der Waals surface area (Å²) in [4.78, 5) is 36.0. The normalized spacial score (nSPS) is 19.2. The lowest BCUT2D eigenvalue weighted by Crippen LogP contribution is -2.35. The number of ketones is 1. The Balaban J connectivity index is 1.06. The number of Topliss-reactive ketones (excluding diaryl/α,β-unsaturated/α-hetero) is 1. The summed E-state index contributed by atoms with van der Waals surface area (Å²) in [7, 11) is 0. The highest BCUT2D eigenvalue weighted by Crippen LogP contribution is 2.39. The number of carbonyl (C=O) groups excluding carboxylic acids is 1. The van der Waals surface area contributed by atoms with Crippen molar-refractivity contribution in [3.05, 3.63) is 105 Å². The maximum Gasteiger partial charge on any atom is 0.247 e. The van der Waals surface area contributed by atoms with E-state index < -0.39 is 0 Å². The molecule has 3 aliphatic rings. The number of aromatic amines is 1. The number of carbonyl (C=O) groups is 1. The topological polar surface area (TPSA) is 96.8 Å². The van der Waals surface area contributed by atoms with Crippen LogP contribution in [0.4, 0.5) is 0 Å². The third-order valence-electron chi connectivity index (χ3n) is 10.9. The van der Waals surface area contributed by atoms with Crippen molar-refractivity contribution in [1.29, 1.82) is 0 Å². The van der Waals surface area contributed by atoms with Crippen molar-refractivity contribution in [2.24, 2.45) is 11.3 Å². The molecular formula is C39H46N6O2. The van der Waals surface area contributed by atoms with Crippen LogP contribution in [0.1, 0.15) is 92.9 Å². The standard InChI is InChI=1S/C39H46N6O2/c1-39(2,3)33-9-10-35-31(20-33)18-30-19-32(21-36(30)43-35)37(46)22-28(12-15-44-16-13-34(14-17-44)45-24-41-42-25-45)26-4-6-27(7-5-26)29-8-11-38(47)40-23-29/h4-8,11,18-19,23-25,28,33-34H,9-10,12-17,20-22H2,1-3H3,(H,40,47)/t28-,33-/m0/s1. The minimum atomic E-state index is -0.109. The average molecular weight is 631 g/mol. The zero-order valence-corrected chi connectivity index (χ0v) is 27.9. The summed E-state index contributed by atoms with van der Waals surface area (Å²) in [6.45, 7) is 10.0. The zero-order chi connectivity index (χ0) is 32.5. The SMILES string of the molecule is CC(C)(C)[C@H]1CCc2nc3c(cc2C1)C=C(C(=O)C[C@H](CCN1CCC(n2cnnc2)CC1)c1ccc(-c2ccc(=O)[nH]c2)cc1)C3. The number of benzene rings is 1. The predicted octanol–water partition coefficient (Wildman–Crippen LogP) is 6.59. The van der Waals surface area contributed by atoms with Crippen LogP contribution < -0.4 is 5.56 Å². The predicted molar refractivity (Wildman–Crippen MR) is 185 cm³/mol. The molecule has 1 aromatic carbocycles. The summed E-state index contributed by atoms with van der Waals surface area (Å²) in [5.74, 6) is 1.00. The lowest BCUT2D eigenvalue weighted by atomic mass is 9.71. The van der Waals surface area contributed by atoms with Gasteiger partial charge in [-0.3, -0.25) is 14.6 Å². The Morgan fingerprint density at radius 1 is 0.979 bits per heavy atom. The minimum Gasteiger partial charge on any atom is -0.328 e. The van der Waals surface area contributed by atoms with Crippen molar-refractivity contribution in [3.63, 3.8) is 0 Å². The molecule has 0 unspecified atom stereocenters. The first-order valence-electron chi connectivity index (χ1n) is 17.3. The molecule has 244 valence electrons. The Kier molecular flexibility index (Phi) is 8.79. The maximum atomic E-state index is 14.0. The quantitative estimate of drug-likeness (QED) is 0.224. The highest BCUT2D eigenvalue weighted by molar-refractivity contribution is 6.02. The van der Waals surface area contributed by atoms with Crippen LogP contribution in [-0.4, -0.2) is 55.0 Å². The van der Waals surface area contributed by atoms with Gasteiger partial charge in [-0.2, -0.15) is 0 Å². The van der Waals surface area contributed by atoms with Crippen molar-refractivity contribution in [2.45, 2.75) is 84.1 Å². The van der Waals surface area contributed by atoms with Crippen molar-refractivity contribution in [2.75, 3.05) is 19.6 Å². The summed E-state index contributed by atoms with van der Waals surface area (Å²) >= 11 is 0. The molecule has 0 amide bonds. The molecule has 0 radical (unpaired) electrons. The van der Waals surface area contributed by atoms with E-state index in [2.05, 4.69) is 81.8 Å².